The molecule has 2 aliphatic rings. The predicted octanol–water partition coefficient (Wildman–Crippen LogP) is 3.36. The second kappa shape index (κ2) is 5.27. The monoisotopic (exact) mass is 239 g/mol. The molecule has 1 atom stereocenters. The first-order valence-corrected chi connectivity index (χ1v) is 7.28. The number of ether oxygens (including phenoxy) is 1. The Morgan fingerprint density at radius 1 is 1.24 bits per heavy atom. The molecule has 2 fully saturated rings. The third-order valence-corrected chi connectivity index (χ3v) is 4.76. The summed E-state index contributed by atoms with van der Waals surface area (Å²) < 4.78 is 5.21. The number of nitrogens with one attached hydrogen (secondary N) is 1. The van der Waals surface area contributed by atoms with Gasteiger partial charge in [-0.3, -0.25) is 0 Å². The Hall–Kier alpha value is -0.0800. The Balaban J connectivity index is 1.71. The normalized spacial score (nSPS) is 30.2. The van der Waals surface area contributed by atoms with Crippen molar-refractivity contribution in [3.05, 3.63) is 0 Å². The first kappa shape index (κ1) is 13.4. The van der Waals surface area contributed by atoms with Gasteiger partial charge in [0.25, 0.3) is 0 Å². The summed E-state index contributed by atoms with van der Waals surface area (Å²) in [4.78, 5) is 0. The van der Waals surface area contributed by atoms with Gasteiger partial charge in [0.05, 0.1) is 0 Å². The molecular formula is C15H29NO. The largest absolute Gasteiger partial charge is 0.385 e. The second-order valence-corrected chi connectivity index (χ2v) is 7.08. The molecule has 2 saturated carbocycles. The minimum absolute atomic E-state index is 0.555. The fourth-order valence-corrected chi connectivity index (χ4v) is 3.24. The molecule has 0 radical (unpaired) electrons. The van der Waals surface area contributed by atoms with Gasteiger partial charge >= 0.3 is 0 Å². The predicted molar refractivity (Wildman–Crippen MR) is 72.2 cm³/mol. The maximum absolute atomic E-state index is 5.21. The van der Waals surface area contributed by atoms with E-state index in [4.69, 9.17) is 4.74 Å². The van der Waals surface area contributed by atoms with E-state index >= 15 is 0 Å². The van der Waals surface area contributed by atoms with Crippen molar-refractivity contribution in [1.29, 1.82) is 0 Å². The average Bonchev–Trinajstić information content (AvgIpc) is 3.03. The van der Waals surface area contributed by atoms with Gasteiger partial charge in [0.2, 0.25) is 0 Å². The van der Waals surface area contributed by atoms with E-state index in [1.165, 1.54) is 51.5 Å². The molecule has 1 unspecified atom stereocenters. The van der Waals surface area contributed by atoms with Crippen LogP contribution in [0, 0.1) is 10.8 Å². The van der Waals surface area contributed by atoms with E-state index < -0.39 is 0 Å². The highest BCUT2D eigenvalue weighted by molar-refractivity contribution is 4.96. The fourth-order valence-electron chi connectivity index (χ4n) is 3.24. The Kier molecular flexibility index (Phi) is 4.14. The number of methoxy groups -OCH3 is 1. The Morgan fingerprint density at radius 3 is 2.59 bits per heavy atom. The second-order valence-electron chi connectivity index (χ2n) is 7.08. The molecular weight excluding hydrogens is 210 g/mol. The molecule has 2 rings (SSSR count). The third-order valence-electron chi connectivity index (χ3n) is 4.76. The molecule has 1 N–H and O–H groups in total. The average molecular weight is 239 g/mol. The molecule has 0 bridgehead atoms. The van der Waals surface area contributed by atoms with Crippen molar-refractivity contribution in [2.45, 2.75) is 64.8 Å². The van der Waals surface area contributed by atoms with E-state index in [-0.39, 0.29) is 0 Å². The van der Waals surface area contributed by atoms with Crippen molar-refractivity contribution in [3.63, 3.8) is 0 Å². The SMILES string of the molecule is COCCC1(CNC2CCCC(C)(C)C2)CC1. The summed E-state index contributed by atoms with van der Waals surface area (Å²) in [5.41, 5.74) is 1.15. The van der Waals surface area contributed by atoms with Crippen LogP contribution < -0.4 is 5.32 Å². The summed E-state index contributed by atoms with van der Waals surface area (Å²) in [5.74, 6) is 0. The van der Waals surface area contributed by atoms with Crippen LogP contribution in [0.15, 0.2) is 0 Å². The van der Waals surface area contributed by atoms with Crippen LogP contribution in [-0.2, 0) is 4.74 Å². The lowest BCUT2D eigenvalue weighted by Crippen LogP contribution is -2.40. The zero-order valence-corrected chi connectivity index (χ0v) is 11.8. The van der Waals surface area contributed by atoms with Gasteiger partial charge < -0.3 is 10.1 Å². The molecule has 17 heavy (non-hydrogen) atoms. The molecule has 0 saturated heterocycles. The van der Waals surface area contributed by atoms with Crippen LogP contribution in [0.5, 0.6) is 0 Å². The molecule has 0 aromatic heterocycles. The van der Waals surface area contributed by atoms with E-state index in [1.807, 2.05) is 7.11 Å². The topological polar surface area (TPSA) is 21.3 Å². The Labute approximate surface area is 107 Å². The highest BCUT2D eigenvalue weighted by Gasteiger charge is 2.42. The summed E-state index contributed by atoms with van der Waals surface area (Å²) in [6, 6.07) is 0.763. The minimum atomic E-state index is 0.555. The van der Waals surface area contributed by atoms with Crippen molar-refractivity contribution in [1.82, 2.24) is 5.32 Å². The van der Waals surface area contributed by atoms with Gasteiger partial charge in [-0.2, -0.15) is 0 Å². The standard InChI is InChI=1S/C15H29NO/c1-14(2)6-4-5-13(11-14)16-12-15(7-8-15)9-10-17-3/h13,16H,4-12H2,1-3H3. The van der Waals surface area contributed by atoms with Crippen LogP contribution in [-0.4, -0.2) is 26.3 Å². The smallest absolute Gasteiger partial charge is 0.0468 e. The van der Waals surface area contributed by atoms with Crippen molar-refractivity contribution in [3.8, 4) is 0 Å². The molecule has 2 nitrogen and oxygen atoms in total. The highest BCUT2D eigenvalue weighted by atomic mass is 16.5. The summed E-state index contributed by atoms with van der Waals surface area (Å²) in [6.07, 6.45) is 9.58. The summed E-state index contributed by atoms with van der Waals surface area (Å²) in [7, 11) is 1.81. The minimum Gasteiger partial charge on any atom is -0.385 e. The summed E-state index contributed by atoms with van der Waals surface area (Å²) >= 11 is 0. The Morgan fingerprint density at radius 2 is 2.00 bits per heavy atom. The fraction of sp³-hybridized carbons (Fsp3) is 1.00. The lowest BCUT2D eigenvalue weighted by molar-refractivity contribution is 0.161. The van der Waals surface area contributed by atoms with Crippen LogP contribution in [0.1, 0.15) is 58.8 Å². The number of rotatable bonds is 6. The number of hydrogen-bond donors (Lipinski definition) is 1. The van der Waals surface area contributed by atoms with Gasteiger partial charge in [-0.1, -0.05) is 20.3 Å². The van der Waals surface area contributed by atoms with Crippen molar-refractivity contribution >= 4 is 0 Å². The third kappa shape index (κ3) is 3.96. The van der Waals surface area contributed by atoms with E-state index in [0.717, 1.165) is 12.6 Å². The zero-order valence-electron chi connectivity index (χ0n) is 11.8. The first-order valence-electron chi connectivity index (χ1n) is 7.28. The van der Waals surface area contributed by atoms with Gasteiger partial charge in [-0.05, 0) is 49.4 Å². The Bertz CT molecular complexity index is 245. The van der Waals surface area contributed by atoms with Gasteiger partial charge in [0, 0.05) is 26.3 Å². The zero-order chi connectivity index (χ0) is 12.4. The van der Waals surface area contributed by atoms with Gasteiger partial charge in [-0.15, -0.1) is 0 Å². The molecule has 0 aromatic rings. The lowest BCUT2D eigenvalue weighted by atomic mass is 9.75. The molecule has 2 heteroatoms. The van der Waals surface area contributed by atoms with Crippen molar-refractivity contribution < 1.29 is 4.74 Å². The summed E-state index contributed by atoms with van der Waals surface area (Å²) in [5, 5.41) is 3.83. The first-order chi connectivity index (χ1) is 8.05. The van der Waals surface area contributed by atoms with Gasteiger partial charge in [0.1, 0.15) is 0 Å². The van der Waals surface area contributed by atoms with Crippen molar-refractivity contribution in [2.75, 3.05) is 20.3 Å². The maximum Gasteiger partial charge on any atom is 0.0468 e. The molecule has 0 spiro atoms. The lowest BCUT2D eigenvalue weighted by Gasteiger charge is -2.36. The van der Waals surface area contributed by atoms with E-state index in [1.54, 1.807) is 0 Å². The molecule has 2 aliphatic carbocycles. The van der Waals surface area contributed by atoms with Gasteiger partial charge in [0.15, 0.2) is 0 Å². The molecule has 0 aromatic carbocycles. The van der Waals surface area contributed by atoms with Crippen molar-refractivity contribution in [2.24, 2.45) is 10.8 Å². The number of hydrogen-bond acceptors (Lipinski definition) is 2. The summed E-state index contributed by atoms with van der Waals surface area (Å²) in [6.45, 7) is 6.98. The van der Waals surface area contributed by atoms with Crippen LogP contribution in [0.4, 0.5) is 0 Å². The van der Waals surface area contributed by atoms with Crippen LogP contribution in [0.25, 0.3) is 0 Å². The molecule has 100 valence electrons. The molecule has 0 aliphatic heterocycles. The van der Waals surface area contributed by atoms with Gasteiger partial charge in [-0.25, -0.2) is 0 Å². The van der Waals surface area contributed by atoms with Crippen LogP contribution in [0.2, 0.25) is 0 Å². The molecule has 0 amide bonds. The maximum atomic E-state index is 5.21. The van der Waals surface area contributed by atoms with E-state index in [0.29, 0.717) is 10.8 Å². The quantitative estimate of drug-likeness (QED) is 0.767. The molecule has 0 heterocycles. The van der Waals surface area contributed by atoms with Crippen LogP contribution >= 0.6 is 0 Å². The van der Waals surface area contributed by atoms with Crippen LogP contribution in [0.3, 0.4) is 0 Å². The van der Waals surface area contributed by atoms with E-state index in [9.17, 15) is 0 Å². The van der Waals surface area contributed by atoms with E-state index in [2.05, 4.69) is 19.2 Å². The highest BCUT2D eigenvalue weighted by Crippen LogP contribution is 2.48.